The van der Waals surface area contributed by atoms with Crippen LogP contribution in [0.1, 0.15) is 27.0 Å². The molecule has 2 rings (SSSR count). The molecule has 0 aliphatic rings. The molecule has 0 saturated carbocycles. The lowest BCUT2D eigenvalue weighted by Gasteiger charge is -2.11. The van der Waals surface area contributed by atoms with Crippen molar-refractivity contribution in [3.63, 3.8) is 0 Å². The van der Waals surface area contributed by atoms with Gasteiger partial charge >= 0.3 is 0 Å². The maximum absolute atomic E-state index is 11.9. The van der Waals surface area contributed by atoms with Crippen LogP contribution in [0.4, 0.5) is 0 Å². The van der Waals surface area contributed by atoms with Gasteiger partial charge in [-0.2, -0.15) is 0 Å². The number of rotatable bonds is 5. The number of hydrogen-bond donors (Lipinski definition) is 0. The predicted octanol–water partition coefficient (Wildman–Crippen LogP) is 3.73. The second kappa shape index (κ2) is 6.78. The van der Waals surface area contributed by atoms with E-state index in [1.807, 2.05) is 30.3 Å². The first-order chi connectivity index (χ1) is 9.58. The zero-order valence-electron chi connectivity index (χ0n) is 12.1. The highest BCUT2D eigenvalue weighted by Gasteiger charge is 2.08. The molecular formula is C17H19O2P. The lowest BCUT2D eigenvalue weighted by atomic mass is 10.1. The second-order valence-corrected chi connectivity index (χ2v) is 5.95. The Labute approximate surface area is 122 Å². The maximum Gasteiger partial charge on any atom is 0.188 e. The van der Waals surface area contributed by atoms with Gasteiger partial charge in [0, 0.05) is 19.7 Å². The average Bonchev–Trinajstić information content (AvgIpc) is 2.42. The molecule has 3 heteroatoms. The third kappa shape index (κ3) is 3.75. The quantitative estimate of drug-likeness (QED) is 0.618. The summed E-state index contributed by atoms with van der Waals surface area (Å²) in [5, 5.41) is 1.21. The SMILES string of the molecule is Cc1cc(C)c(POCC(=O)c2ccccc2)c(C)c1. The van der Waals surface area contributed by atoms with Crippen molar-refractivity contribution in [1.29, 1.82) is 0 Å². The molecule has 2 aromatic carbocycles. The van der Waals surface area contributed by atoms with Crippen LogP contribution in [0.3, 0.4) is 0 Å². The summed E-state index contributed by atoms with van der Waals surface area (Å²) >= 11 is 0. The molecule has 20 heavy (non-hydrogen) atoms. The minimum absolute atomic E-state index is 0.0283. The molecule has 0 bridgehead atoms. The van der Waals surface area contributed by atoms with E-state index in [0.29, 0.717) is 5.56 Å². The van der Waals surface area contributed by atoms with Gasteiger partial charge in [-0.15, -0.1) is 0 Å². The van der Waals surface area contributed by atoms with E-state index in [1.54, 1.807) is 0 Å². The Hall–Kier alpha value is -1.50. The van der Waals surface area contributed by atoms with E-state index in [2.05, 4.69) is 32.9 Å². The highest BCUT2D eigenvalue weighted by Crippen LogP contribution is 2.19. The molecule has 0 aromatic heterocycles. The fourth-order valence-electron chi connectivity index (χ4n) is 2.22. The average molecular weight is 286 g/mol. The van der Waals surface area contributed by atoms with Crippen LogP contribution >= 0.6 is 8.81 Å². The van der Waals surface area contributed by atoms with Crippen molar-refractivity contribution < 1.29 is 9.32 Å². The molecular weight excluding hydrogens is 267 g/mol. The third-order valence-corrected chi connectivity index (χ3v) is 4.43. The third-order valence-electron chi connectivity index (χ3n) is 3.15. The number of Topliss-reactive ketones (excluding diaryl/α,β-unsaturated/α-hetero) is 1. The van der Waals surface area contributed by atoms with E-state index >= 15 is 0 Å². The van der Waals surface area contributed by atoms with Gasteiger partial charge in [-0.1, -0.05) is 48.0 Å². The van der Waals surface area contributed by atoms with Crippen LogP contribution in [-0.2, 0) is 4.52 Å². The van der Waals surface area contributed by atoms with Crippen molar-refractivity contribution >= 4 is 19.9 Å². The van der Waals surface area contributed by atoms with Crippen LogP contribution in [0.25, 0.3) is 0 Å². The molecule has 0 saturated heterocycles. The Morgan fingerprint density at radius 3 is 2.25 bits per heavy atom. The number of aryl methyl sites for hydroxylation is 3. The topological polar surface area (TPSA) is 26.3 Å². The van der Waals surface area contributed by atoms with Gasteiger partial charge in [0.05, 0.1) is 0 Å². The highest BCUT2D eigenvalue weighted by atomic mass is 31.1. The minimum Gasteiger partial charge on any atom is -0.350 e. The molecule has 1 unspecified atom stereocenters. The lowest BCUT2D eigenvalue weighted by Crippen LogP contribution is -2.10. The molecule has 0 aliphatic heterocycles. The Morgan fingerprint density at radius 2 is 1.65 bits per heavy atom. The smallest absolute Gasteiger partial charge is 0.188 e. The molecule has 0 fully saturated rings. The van der Waals surface area contributed by atoms with E-state index in [9.17, 15) is 4.79 Å². The Kier molecular flexibility index (Phi) is 5.05. The maximum atomic E-state index is 11.9. The molecule has 0 amide bonds. The van der Waals surface area contributed by atoms with Crippen LogP contribution in [0.5, 0.6) is 0 Å². The molecule has 0 aliphatic carbocycles. The molecule has 0 spiro atoms. The number of ketones is 1. The van der Waals surface area contributed by atoms with Crippen molar-refractivity contribution in [2.24, 2.45) is 0 Å². The molecule has 0 N–H and O–H groups in total. The van der Waals surface area contributed by atoms with Crippen molar-refractivity contribution in [3.8, 4) is 0 Å². The van der Waals surface area contributed by atoms with Crippen LogP contribution in [-0.4, -0.2) is 12.4 Å². The van der Waals surface area contributed by atoms with Gasteiger partial charge in [0.25, 0.3) is 0 Å². The van der Waals surface area contributed by atoms with Gasteiger partial charge in [-0.3, -0.25) is 4.79 Å². The first kappa shape index (κ1) is 14.9. The summed E-state index contributed by atoms with van der Waals surface area (Å²) in [6.45, 7) is 6.40. The van der Waals surface area contributed by atoms with Gasteiger partial charge in [0.2, 0.25) is 0 Å². The summed E-state index contributed by atoms with van der Waals surface area (Å²) in [7, 11) is 0.215. The van der Waals surface area contributed by atoms with E-state index in [1.165, 1.54) is 22.0 Å². The fourth-order valence-corrected chi connectivity index (χ4v) is 3.04. The summed E-state index contributed by atoms with van der Waals surface area (Å²) in [6.07, 6.45) is 0. The van der Waals surface area contributed by atoms with Crippen molar-refractivity contribution in [2.45, 2.75) is 20.8 Å². The number of carbonyl (C=O) groups excluding carboxylic acids is 1. The fraction of sp³-hybridized carbons (Fsp3) is 0.235. The first-order valence-corrected chi connectivity index (χ1v) is 7.52. The predicted molar refractivity (Wildman–Crippen MR) is 85.3 cm³/mol. The van der Waals surface area contributed by atoms with Gasteiger partial charge in [-0.05, 0) is 31.9 Å². The highest BCUT2D eigenvalue weighted by molar-refractivity contribution is 7.42. The second-order valence-electron chi connectivity index (χ2n) is 4.95. The van der Waals surface area contributed by atoms with E-state index < -0.39 is 0 Å². The monoisotopic (exact) mass is 286 g/mol. The van der Waals surface area contributed by atoms with Crippen LogP contribution in [0.2, 0.25) is 0 Å². The molecule has 0 heterocycles. The van der Waals surface area contributed by atoms with Crippen LogP contribution in [0.15, 0.2) is 42.5 Å². The summed E-state index contributed by atoms with van der Waals surface area (Å²) in [6, 6.07) is 13.6. The van der Waals surface area contributed by atoms with Gasteiger partial charge < -0.3 is 4.52 Å². The zero-order chi connectivity index (χ0) is 14.5. The molecule has 1 atom stereocenters. The molecule has 2 nitrogen and oxygen atoms in total. The van der Waals surface area contributed by atoms with Crippen molar-refractivity contribution in [1.82, 2.24) is 0 Å². The minimum atomic E-state index is 0.0283. The normalized spacial score (nSPS) is 11.2. The van der Waals surface area contributed by atoms with Crippen LogP contribution in [0, 0.1) is 20.8 Å². The van der Waals surface area contributed by atoms with Crippen LogP contribution < -0.4 is 5.30 Å². The molecule has 2 aromatic rings. The Balaban J connectivity index is 1.95. The Morgan fingerprint density at radius 1 is 1.05 bits per heavy atom. The van der Waals surface area contributed by atoms with E-state index in [4.69, 9.17) is 4.52 Å². The largest absolute Gasteiger partial charge is 0.350 e. The zero-order valence-corrected chi connectivity index (χ0v) is 13.1. The van der Waals surface area contributed by atoms with Gasteiger partial charge in [0.15, 0.2) is 5.78 Å². The van der Waals surface area contributed by atoms with Crippen molar-refractivity contribution in [2.75, 3.05) is 6.61 Å². The lowest BCUT2D eigenvalue weighted by molar-refractivity contribution is 0.0933. The summed E-state index contributed by atoms with van der Waals surface area (Å²) in [5.74, 6) is 0.0283. The number of carbonyl (C=O) groups is 1. The van der Waals surface area contributed by atoms with E-state index in [-0.39, 0.29) is 21.2 Å². The number of benzene rings is 2. The summed E-state index contributed by atoms with van der Waals surface area (Å²) < 4.78 is 5.62. The summed E-state index contributed by atoms with van der Waals surface area (Å²) in [4.78, 5) is 11.9. The number of hydrogen-bond acceptors (Lipinski definition) is 2. The first-order valence-electron chi connectivity index (χ1n) is 6.62. The standard InChI is InChI=1S/C17H19O2P/c1-12-9-13(2)17(14(3)10-12)20-19-11-16(18)15-7-5-4-6-8-15/h4-10,20H,11H2,1-3H3. The Bertz CT molecular complexity index is 583. The van der Waals surface area contributed by atoms with Crippen molar-refractivity contribution in [3.05, 3.63) is 64.7 Å². The summed E-state index contributed by atoms with van der Waals surface area (Å²) in [5.41, 5.74) is 4.42. The molecule has 104 valence electrons. The van der Waals surface area contributed by atoms with E-state index in [0.717, 1.165) is 0 Å². The molecule has 0 radical (unpaired) electrons. The van der Waals surface area contributed by atoms with Gasteiger partial charge in [-0.25, -0.2) is 0 Å². The van der Waals surface area contributed by atoms with Gasteiger partial charge in [0.1, 0.15) is 6.61 Å².